The molecule has 0 amide bonds. The number of hydrogen-bond acceptors (Lipinski definition) is 4. The lowest BCUT2D eigenvalue weighted by Gasteiger charge is -2.13. The molecule has 0 saturated heterocycles. The average Bonchev–Trinajstić information content (AvgIpc) is 2.43. The largest absolute Gasteiger partial charge is 0.494 e. The third-order valence-corrected chi connectivity index (χ3v) is 3.09. The van der Waals surface area contributed by atoms with Crippen molar-refractivity contribution in [2.24, 2.45) is 5.73 Å². The smallest absolute Gasteiger partial charge is 0.171 e. The lowest BCUT2D eigenvalue weighted by Crippen LogP contribution is -2.20. The first-order valence-corrected chi connectivity index (χ1v) is 6.38. The van der Waals surface area contributed by atoms with Crippen LogP contribution in [0.5, 0.6) is 11.5 Å². The average molecular weight is 286 g/mol. The number of halogens is 2. The van der Waals surface area contributed by atoms with Crippen LogP contribution in [0.1, 0.15) is 24.8 Å². The van der Waals surface area contributed by atoms with Crippen LogP contribution >= 0.6 is 0 Å². The number of rotatable bonds is 8. The fraction of sp³-hybridized carbons (Fsp3) is 0.500. The van der Waals surface area contributed by atoms with Gasteiger partial charge in [0.25, 0.3) is 0 Å². The SMILES string of the molecule is COc1cc(OC)c(F)c(CCCC(N)CC=N)c1F. The van der Waals surface area contributed by atoms with E-state index in [0.29, 0.717) is 19.3 Å². The lowest BCUT2D eigenvalue weighted by molar-refractivity contribution is 0.352. The van der Waals surface area contributed by atoms with Crippen LogP contribution in [0, 0.1) is 17.0 Å². The number of nitrogens with two attached hydrogens (primary N) is 1. The molecule has 0 saturated carbocycles. The van der Waals surface area contributed by atoms with Gasteiger partial charge < -0.3 is 20.6 Å². The molecule has 0 spiro atoms. The van der Waals surface area contributed by atoms with Gasteiger partial charge >= 0.3 is 0 Å². The summed E-state index contributed by atoms with van der Waals surface area (Å²) in [6.07, 6.45) is 3.02. The van der Waals surface area contributed by atoms with E-state index in [4.69, 9.17) is 20.6 Å². The minimum atomic E-state index is -0.702. The molecule has 0 heterocycles. The molecular weight excluding hydrogens is 266 g/mol. The van der Waals surface area contributed by atoms with Crippen LogP contribution < -0.4 is 15.2 Å². The van der Waals surface area contributed by atoms with Gasteiger partial charge in [0, 0.05) is 17.7 Å². The van der Waals surface area contributed by atoms with Crippen molar-refractivity contribution in [2.75, 3.05) is 14.2 Å². The van der Waals surface area contributed by atoms with E-state index >= 15 is 0 Å². The predicted octanol–water partition coefficient (Wildman–Crippen LogP) is 2.67. The molecule has 1 rings (SSSR count). The molecule has 112 valence electrons. The zero-order chi connectivity index (χ0) is 15.1. The highest BCUT2D eigenvalue weighted by Crippen LogP contribution is 2.32. The normalized spacial score (nSPS) is 12.1. The summed E-state index contributed by atoms with van der Waals surface area (Å²) in [5.74, 6) is -1.48. The standard InChI is InChI=1S/C14H20F2N2O2/c1-19-11-8-12(20-2)14(16)10(13(11)15)5-3-4-9(18)6-7-17/h7-9,17H,3-6,18H2,1-2H3. The summed E-state index contributed by atoms with van der Waals surface area (Å²) < 4.78 is 37.8. The Balaban J connectivity index is 2.85. The van der Waals surface area contributed by atoms with Crippen LogP contribution in [0.4, 0.5) is 8.78 Å². The lowest BCUT2D eigenvalue weighted by atomic mass is 10.0. The first-order chi connectivity index (χ1) is 9.54. The molecule has 0 fully saturated rings. The number of ether oxygens (including phenoxy) is 2. The summed E-state index contributed by atoms with van der Waals surface area (Å²) >= 11 is 0. The molecule has 0 aromatic heterocycles. The summed E-state index contributed by atoms with van der Waals surface area (Å²) in [5.41, 5.74) is 5.70. The highest BCUT2D eigenvalue weighted by molar-refractivity contribution is 5.53. The van der Waals surface area contributed by atoms with Crippen molar-refractivity contribution in [1.29, 1.82) is 5.41 Å². The second kappa shape index (κ2) is 7.79. The highest BCUT2D eigenvalue weighted by Gasteiger charge is 2.19. The van der Waals surface area contributed by atoms with Crippen molar-refractivity contribution in [1.82, 2.24) is 0 Å². The zero-order valence-electron chi connectivity index (χ0n) is 11.7. The number of benzene rings is 1. The van der Waals surface area contributed by atoms with E-state index in [-0.39, 0.29) is 29.5 Å². The van der Waals surface area contributed by atoms with Gasteiger partial charge in [-0.15, -0.1) is 0 Å². The summed E-state index contributed by atoms with van der Waals surface area (Å²) in [7, 11) is 2.64. The molecule has 0 bridgehead atoms. The van der Waals surface area contributed by atoms with Gasteiger partial charge in [0.15, 0.2) is 23.1 Å². The van der Waals surface area contributed by atoms with Crippen LogP contribution in [0.2, 0.25) is 0 Å². The van der Waals surface area contributed by atoms with Crippen molar-refractivity contribution in [3.8, 4) is 11.5 Å². The molecule has 0 aliphatic heterocycles. The summed E-state index contributed by atoms with van der Waals surface area (Å²) in [6.45, 7) is 0. The molecule has 0 radical (unpaired) electrons. The van der Waals surface area contributed by atoms with Gasteiger partial charge in [0.1, 0.15) is 0 Å². The first kappa shape index (κ1) is 16.4. The highest BCUT2D eigenvalue weighted by atomic mass is 19.1. The van der Waals surface area contributed by atoms with Crippen molar-refractivity contribution < 1.29 is 18.3 Å². The Bertz CT molecular complexity index is 439. The topological polar surface area (TPSA) is 68.3 Å². The fourth-order valence-corrected chi connectivity index (χ4v) is 1.97. The summed E-state index contributed by atoms with van der Waals surface area (Å²) in [6, 6.07) is 1.03. The van der Waals surface area contributed by atoms with Crippen LogP contribution in [0.3, 0.4) is 0 Å². The van der Waals surface area contributed by atoms with Crippen LogP contribution in [0.15, 0.2) is 6.07 Å². The van der Waals surface area contributed by atoms with E-state index in [1.165, 1.54) is 26.5 Å². The minimum absolute atomic E-state index is 0.0398. The Kier molecular flexibility index (Phi) is 6.38. The molecule has 0 aliphatic rings. The predicted molar refractivity (Wildman–Crippen MR) is 73.8 cm³/mol. The molecule has 6 heteroatoms. The first-order valence-electron chi connectivity index (χ1n) is 6.38. The molecule has 4 nitrogen and oxygen atoms in total. The zero-order valence-corrected chi connectivity index (χ0v) is 11.7. The second-order valence-electron chi connectivity index (χ2n) is 4.48. The van der Waals surface area contributed by atoms with E-state index < -0.39 is 11.6 Å². The molecule has 1 unspecified atom stereocenters. The molecule has 1 aromatic carbocycles. The van der Waals surface area contributed by atoms with Crippen LogP contribution in [-0.2, 0) is 6.42 Å². The van der Waals surface area contributed by atoms with Gasteiger partial charge in [-0.2, -0.15) is 0 Å². The van der Waals surface area contributed by atoms with Crippen molar-refractivity contribution in [2.45, 2.75) is 31.7 Å². The van der Waals surface area contributed by atoms with E-state index in [1.807, 2.05) is 0 Å². The van der Waals surface area contributed by atoms with E-state index in [2.05, 4.69) is 0 Å². The Hall–Kier alpha value is -1.69. The summed E-state index contributed by atoms with van der Waals surface area (Å²) in [4.78, 5) is 0. The molecule has 3 N–H and O–H groups in total. The monoisotopic (exact) mass is 286 g/mol. The van der Waals surface area contributed by atoms with Crippen LogP contribution in [0.25, 0.3) is 0 Å². The van der Waals surface area contributed by atoms with Crippen molar-refractivity contribution in [3.05, 3.63) is 23.3 Å². The van der Waals surface area contributed by atoms with Gasteiger partial charge in [0.05, 0.1) is 14.2 Å². The molecule has 1 aromatic rings. The quantitative estimate of drug-likeness (QED) is 0.722. The van der Waals surface area contributed by atoms with Crippen molar-refractivity contribution in [3.63, 3.8) is 0 Å². The number of methoxy groups -OCH3 is 2. The summed E-state index contributed by atoms with van der Waals surface area (Å²) in [5, 5.41) is 6.95. The van der Waals surface area contributed by atoms with E-state index in [1.54, 1.807) is 0 Å². The fourth-order valence-electron chi connectivity index (χ4n) is 1.97. The third kappa shape index (κ3) is 3.90. The number of nitrogens with one attached hydrogen (secondary N) is 1. The second-order valence-corrected chi connectivity index (χ2v) is 4.48. The van der Waals surface area contributed by atoms with E-state index in [0.717, 1.165) is 0 Å². The van der Waals surface area contributed by atoms with Gasteiger partial charge in [-0.1, -0.05) is 0 Å². The number of hydrogen-bond donors (Lipinski definition) is 2. The van der Waals surface area contributed by atoms with Crippen molar-refractivity contribution >= 4 is 6.21 Å². The molecular formula is C14H20F2N2O2. The van der Waals surface area contributed by atoms with E-state index in [9.17, 15) is 8.78 Å². The minimum Gasteiger partial charge on any atom is -0.494 e. The molecule has 20 heavy (non-hydrogen) atoms. The maximum atomic E-state index is 14.0. The Morgan fingerprint density at radius 2 is 1.80 bits per heavy atom. The van der Waals surface area contributed by atoms with Gasteiger partial charge in [-0.05, 0) is 31.9 Å². The Morgan fingerprint density at radius 1 is 1.25 bits per heavy atom. The van der Waals surface area contributed by atoms with Crippen LogP contribution in [-0.4, -0.2) is 26.5 Å². The maximum Gasteiger partial charge on any atom is 0.171 e. The third-order valence-electron chi connectivity index (χ3n) is 3.09. The molecule has 0 aliphatic carbocycles. The Labute approximate surface area is 117 Å². The van der Waals surface area contributed by atoms with Gasteiger partial charge in [0.2, 0.25) is 0 Å². The maximum absolute atomic E-state index is 14.0. The molecule has 1 atom stereocenters. The van der Waals surface area contributed by atoms with Gasteiger partial charge in [-0.3, -0.25) is 0 Å². The van der Waals surface area contributed by atoms with Gasteiger partial charge in [-0.25, -0.2) is 8.78 Å². The Morgan fingerprint density at radius 3 is 2.25 bits per heavy atom.